The third kappa shape index (κ3) is 12.7. The van der Waals surface area contributed by atoms with Gasteiger partial charge in [0.25, 0.3) is 11.8 Å². The molecule has 55 heavy (non-hydrogen) atoms. The number of hydrogen-bond acceptors (Lipinski definition) is 9. The fourth-order valence-electron chi connectivity index (χ4n) is 6.79. The summed E-state index contributed by atoms with van der Waals surface area (Å²) in [6, 6.07) is 25.5. The number of rotatable bonds is 23. The van der Waals surface area contributed by atoms with E-state index in [1.807, 2.05) is 54.6 Å². The van der Waals surface area contributed by atoms with Gasteiger partial charge in [-0.3, -0.25) is 14.6 Å². The highest BCUT2D eigenvalue weighted by Crippen LogP contribution is 2.33. The van der Waals surface area contributed by atoms with Crippen LogP contribution in [-0.2, 0) is 31.8 Å². The Kier molecular flexibility index (Phi) is 17.1. The van der Waals surface area contributed by atoms with E-state index in [1.165, 1.54) is 11.1 Å². The number of aromatic nitrogens is 1. The highest BCUT2D eigenvalue weighted by atomic mass is 16.6. The van der Waals surface area contributed by atoms with Crippen LogP contribution in [0.4, 0.5) is 11.4 Å². The van der Waals surface area contributed by atoms with E-state index in [9.17, 15) is 9.59 Å². The van der Waals surface area contributed by atoms with Gasteiger partial charge in [0.15, 0.2) is 0 Å². The predicted molar refractivity (Wildman–Crippen MR) is 218 cm³/mol. The lowest BCUT2D eigenvalue weighted by molar-refractivity contribution is -0.00118. The van der Waals surface area contributed by atoms with Gasteiger partial charge in [0.2, 0.25) is 0 Å². The number of carbonyl (C=O) groups excluding carboxylic acids is 2. The Balaban J connectivity index is 1.18. The van der Waals surface area contributed by atoms with Crippen molar-refractivity contribution in [3.8, 4) is 11.3 Å². The summed E-state index contributed by atoms with van der Waals surface area (Å²) in [6.45, 7) is 10.6. The van der Waals surface area contributed by atoms with Gasteiger partial charge in [-0.15, -0.1) is 0 Å². The average molecular weight is 752 g/mol. The topological polar surface area (TPSA) is 137 Å². The van der Waals surface area contributed by atoms with Gasteiger partial charge in [0, 0.05) is 54.8 Å². The first kappa shape index (κ1) is 41.5. The van der Waals surface area contributed by atoms with E-state index < -0.39 is 0 Å². The Morgan fingerprint density at radius 1 is 0.782 bits per heavy atom. The Morgan fingerprint density at radius 3 is 2.24 bits per heavy atom. The third-order valence-corrected chi connectivity index (χ3v) is 9.67. The highest BCUT2D eigenvalue weighted by molar-refractivity contribution is 6.06. The molecule has 0 saturated carbocycles. The number of hydrogen-bond donors (Lipinski definition) is 3. The molecule has 1 unspecified atom stereocenters. The zero-order chi connectivity index (χ0) is 38.7. The van der Waals surface area contributed by atoms with Gasteiger partial charge in [-0.25, -0.2) is 0 Å². The summed E-state index contributed by atoms with van der Waals surface area (Å²) in [5.74, 6) is -0.363. The number of ether oxygens (including phenoxy) is 4. The number of nitrogens with one attached hydrogen (secondary N) is 2. The van der Waals surface area contributed by atoms with Crippen LogP contribution in [0, 0.1) is 0 Å². The first-order valence-corrected chi connectivity index (χ1v) is 19.7. The maximum Gasteiger partial charge on any atom is 0.255 e. The second-order valence-corrected chi connectivity index (χ2v) is 13.4. The van der Waals surface area contributed by atoms with Crippen LogP contribution in [0.15, 0.2) is 85.1 Å². The molecule has 0 fully saturated rings. The monoisotopic (exact) mass is 751 g/mol. The van der Waals surface area contributed by atoms with Gasteiger partial charge in [-0.2, -0.15) is 0 Å². The van der Waals surface area contributed by atoms with Crippen LogP contribution in [0.3, 0.4) is 0 Å². The first-order chi connectivity index (χ1) is 27.0. The molecule has 0 spiro atoms. The van der Waals surface area contributed by atoms with Crippen molar-refractivity contribution in [2.75, 3.05) is 82.7 Å². The van der Waals surface area contributed by atoms with Gasteiger partial charge < -0.3 is 40.2 Å². The van der Waals surface area contributed by atoms with E-state index >= 15 is 0 Å². The molecular weight excluding hydrogens is 695 g/mol. The van der Waals surface area contributed by atoms with Crippen LogP contribution in [0.2, 0.25) is 0 Å². The van der Waals surface area contributed by atoms with Gasteiger partial charge in [-0.1, -0.05) is 36.4 Å². The van der Waals surface area contributed by atoms with Gasteiger partial charge >= 0.3 is 0 Å². The summed E-state index contributed by atoms with van der Waals surface area (Å²) in [5, 5.41) is 6.41. The number of aryl methyl sites for hydroxylation is 2. The maximum atomic E-state index is 13.7. The van der Waals surface area contributed by atoms with Crippen LogP contribution in [0.25, 0.3) is 11.3 Å². The van der Waals surface area contributed by atoms with E-state index in [0.717, 1.165) is 62.0 Å². The van der Waals surface area contributed by atoms with Crippen LogP contribution >= 0.6 is 0 Å². The average Bonchev–Trinajstić information content (AvgIpc) is 3.22. The van der Waals surface area contributed by atoms with Crippen molar-refractivity contribution < 1.29 is 28.5 Å². The maximum absolute atomic E-state index is 13.7. The third-order valence-electron chi connectivity index (χ3n) is 9.67. The number of benzene rings is 3. The largest absolute Gasteiger partial charge is 0.379 e. The molecule has 0 saturated heterocycles. The predicted octanol–water partition coefficient (Wildman–Crippen LogP) is 6.61. The number of amides is 2. The number of anilines is 2. The van der Waals surface area contributed by atoms with Crippen LogP contribution in [0.5, 0.6) is 0 Å². The number of nitrogens with zero attached hydrogens (tertiary/aromatic N) is 2. The van der Waals surface area contributed by atoms with E-state index in [4.69, 9.17) is 24.7 Å². The summed E-state index contributed by atoms with van der Waals surface area (Å²) in [6.07, 6.45) is 6.21. The lowest BCUT2D eigenvalue weighted by Gasteiger charge is -2.26. The Bertz CT molecular complexity index is 1800. The van der Waals surface area contributed by atoms with Crippen molar-refractivity contribution >= 4 is 23.2 Å². The zero-order valence-electron chi connectivity index (χ0n) is 32.4. The Hall–Kier alpha value is -4.65. The van der Waals surface area contributed by atoms with E-state index in [0.29, 0.717) is 81.9 Å². The Labute approximate surface area is 325 Å². The molecule has 11 heteroatoms. The fourth-order valence-corrected chi connectivity index (χ4v) is 6.79. The van der Waals surface area contributed by atoms with Crippen LogP contribution in [0.1, 0.15) is 76.6 Å². The lowest BCUT2D eigenvalue weighted by atomic mass is 9.87. The standard InChI is InChI=1S/C44H57N5O6/c1-3-49(4-2)37-17-18-41(39(32-37)42-31-36(19-21-46-42)44(51)47-40-16-8-13-34-12-5-6-15-38(34)40)48-43(50)35-14-7-10-33(30-35)11-9-22-52-24-26-54-28-29-55-27-25-53-23-20-45/h5-7,10,12,14-15,17-19,21,30-32,40H,3-4,8-9,11,13,16,20,22-29,45H2,1-2H3,(H,47,51)(H,48,50). The van der Waals surface area contributed by atoms with Gasteiger partial charge in [-0.05, 0) is 105 Å². The van der Waals surface area contributed by atoms with E-state index in [2.05, 4.69) is 52.6 Å². The molecule has 0 aliphatic heterocycles. The normalized spacial score (nSPS) is 13.6. The SMILES string of the molecule is CCN(CC)c1ccc(NC(=O)c2cccc(CCCOCCOCCOCCOCCN)c2)c(-c2cc(C(=O)NC3CCCc4ccccc43)ccn2)c1. The molecule has 5 rings (SSSR count). The molecule has 1 aliphatic carbocycles. The van der Waals surface area contributed by atoms with E-state index in [1.54, 1.807) is 12.3 Å². The smallest absolute Gasteiger partial charge is 0.255 e. The molecule has 11 nitrogen and oxygen atoms in total. The van der Waals surface area contributed by atoms with Crippen molar-refractivity contribution in [1.82, 2.24) is 10.3 Å². The number of fused-ring (bicyclic) bond motifs is 1. The molecule has 1 aromatic heterocycles. The van der Waals surface area contributed by atoms with Crippen molar-refractivity contribution in [3.05, 3.63) is 113 Å². The van der Waals surface area contributed by atoms with Crippen molar-refractivity contribution in [1.29, 1.82) is 0 Å². The summed E-state index contributed by atoms with van der Waals surface area (Å²) in [5.41, 5.74) is 13.0. The molecule has 0 bridgehead atoms. The second-order valence-electron chi connectivity index (χ2n) is 13.4. The van der Waals surface area contributed by atoms with Crippen molar-refractivity contribution in [2.45, 2.75) is 52.0 Å². The molecule has 3 aromatic carbocycles. The summed E-state index contributed by atoms with van der Waals surface area (Å²) < 4.78 is 22.0. The second kappa shape index (κ2) is 22.7. The first-order valence-electron chi connectivity index (χ1n) is 19.7. The van der Waals surface area contributed by atoms with Crippen LogP contribution < -0.4 is 21.3 Å². The van der Waals surface area contributed by atoms with Gasteiger partial charge in [0.1, 0.15) is 0 Å². The molecule has 1 aliphatic rings. The Morgan fingerprint density at radius 2 is 1.49 bits per heavy atom. The summed E-state index contributed by atoms with van der Waals surface area (Å²) in [4.78, 5) is 34.3. The zero-order valence-corrected chi connectivity index (χ0v) is 32.4. The molecule has 0 radical (unpaired) electrons. The van der Waals surface area contributed by atoms with Crippen molar-refractivity contribution in [2.24, 2.45) is 5.73 Å². The number of carbonyl (C=O) groups is 2. The van der Waals surface area contributed by atoms with Crippen molar-refractivity contribution in [3.63, 3.8) is 0 Å². The molecule has 294 valence electrons. The fraction of sp³-hybridized carbons (Fsp3) is 0.432. The lowest BCUT2D eigenvalue weighted by Crippen LogP contribution is -2.31. The number of pyridine rings is 1. The minimum Gasteiger partial charge on any atom is -0.379 e. The quantitative estimate of drug-likeness (QED) is 0.0716. The summed E-state index contributed by atoms with van der Waals surface area (Å²) in [7, 11) is 0. The van der Waals surface area contributed by atoms with E-state index in [-0.39, 0.29) is 17.9 Å². The molecule has 4 N–H and O–H groups in total. The highest BCUT2D eigenvalue weighted by Gasteiger charge is 2.23. The molecule has 1 atom stereocenters. The van der Waals surface area contributed by atoms with Gasteiger partial charge in [0.05, 0.1) is 63.7 Å². The number of nitrogens with two attached hydrogens (primary N) is 1. The molecule has 1 heterocycles. The molecular formula is C44H57N5O6. The van der Waals surface area contributed by atoms with Crippen LogP contribution in [-0.4, -0.2) is 89.3 Å². The summed E-state index contributed by atoms with van der Waals surface area (Å²) >= 11 is 0. The minimum atomic E-state index is -0.219. The molecule has 4 aromatic rings. The molecule has 2 amide bonds. The minimum absolute atomic E-state index is 0.0349.